The Kier molecular flexibility index (Phi) is 5.18. The van der Waals surface area contributed by atoms with E-state index in [1.807, 2.05) is 0 Å². The second-order valence-corrected chi connectivity index (χ2v) is 4.49. The second kappa shape index (κ2) is 6.18. The van der Waals surface area contributed by atoms with E-state index in [0.29, 0.717) is 12.5 Å². The highest BCUT2D eigenvalue weighted by Crippen LogP contribution is 2.12. The molecular weight excluding hydrogens is 210 g/mol. The monoisotopic (exact) mass is 231 g/mol. The summed E-state index contributed by atoms with van der Waals surface area (Å²) in [4.78, 5) is 11.2. The largest absolute Gasteiger partial charge is 0.467 e. The van der Waals surface area contributed by atoms with Crippen LogP contribution in [0.25, 0.3) is 0 Å². The summed E-state index contributed by atoms with van der Waals surface area (Å²) in [7, 11) is 1.25. The van der Waals surface area contributed by atoms with Crippen molar-refractivity contribution in [3.05, 3.63) is 0 Å². The molecule has 0 aromatic heterocycles. The SMILES string of the molecule is COC(=O)C(C)(O)COCC1CCCNC1. The lowest BCUT2D eigenvalue weighted by atomic mass is 10.0. The van der Waals surface area contributed by atoms with Gasteiger partial charge in [0.25, 0.3) is 0 Å². The van der Waals surface area contributed by atoms with Gasteiger partial charge in [-0.2, -0.15) is 0 Å². The van der Waals surface area contributed by atoms with Crippen molar-refractivity contribution >= 4 is 5.97 Å². The van der Waals surface area contributed by atoms with Gasteiger partial charge in [0.05, 0.1) is 20.3 Å². The van der Waals surface area contributed by atoms with Crippen LogP contribution in [0.15, 0.2) is 0 Å². The van der Waals surface area contributed by atoms with Gasteiger partial charge in [0.2, 0.25) is 0 Å². The van der Waals surface area contributed by atoms with Gasteiger partial charge in [0, 0.05) is 6.54 Å². The minimum Gasteiger partial charge on any atom is -0.467 e. The fourth-order valence-electron chi connectivity index (χ4n) is 1.77. The van der Waals surface area contributed by atoms with Gasteiger partial charge in [-0.3, -0.25) is 0 Å². The maximum Gasteiger partial charge on any atom is 0.339 e. The summed E-state index contributed by atoms with van der Waals surface area (Å²) in [5.41, 5.74) is -1.54. The third-order valence-electron chi connectivity index (χ3n) is 2.76. The first kappa shape index (κ1) is 13.4. The molecule has 2 N–H and O–H groups in total. The first-order valence-electron chi connectivity index (χ1n) is 5.65. The van der Waals surface area contributed by atoms with Gasteiger partial charge in [-0.15, -0.1) is 0 Å². The van der Waals surface area contributed by atoms with Crippen LogP contribution in [0.5, 0.6) is 0 Å². The fraction of sp³-hybridized carbons (Fsp3) is 0.909. The van der Waals surface area contributed by atoms with E-state index in [4.69, 9.17) is 4.74 Å². The lowest BCUT2D eigenvalue weighted by Crippen LogP contribution is -2.42. The van der Waals surface area contributed by atoms with Crippen molar-refractivity contribution in [2.75, 3.05) is 33.4 Å². The van der Waals surface area contributed by atoms with E-state index in [0.717, 1.165) is 25.9 Å². The number of methoxy groups -OCH3 is 1. The summed E-state index contributed by atoms with van der Waals surface area (Å²) < 4.78 is 9.85. The molecular formula is C11H21NO4. The number of nitrogens with one attached hydrogen (secondary N) is 1. The summed E-state index contributed by atoms with van der Waals surface area (Å²) in [6.07, 6.45) is 2.29. The van der Waals surface area contributed by atoms with E-state index < -0.39 is 11.6 Å². The molecule has 0 spiro atoms. The third-order valence-corrected chi connectivity index (χ3v) is 2.76. The molecule has 5 heteroatoms. The number of carbonyl (C=O) groups is 1. The van der Waals surface area contributed by atoms with Crippen molar-refractivity contribution < 1.29 is 19.4 Å². The third kappa shape index (κ3) is 4.08. The summed E-state index contributed by atoms with van der Waals surface area (Å²) in [5, 5.41) is 13.0. The lowest BCUT2D eigenvalue weighted by molar-refractivity contribution is -0.167. The van der Waals surface area contributed by atoms with Crippen LogP contribution in [-0.2, 0) is 14.3 Å². The molecule has 0 radical (unpaired) electrons. The summed E-state index contributed by atoms with van der Waals surface area (Å²) in [5.74, 6) is -0.184. The molecule has 1 aliphatic heterocycles. The summed E-state index contributed by atoms with van der Waals surface area (Å²) in [6.45, 7) is 3.96. The van der Waals surface area contributed by atoms with Crippen molar-refractivity contribution in [1.29, 1.82) is 0 Å². The molecule has 0 bridgehead atoms. The Bertz CT molecular complexity index is 224. The molecule has 1 saturated heterocycles. The van der Waals surface area contributed by atoms with Gasteiger partial charge in [0.15, 0.2) is 5.60 Å². The van der Waals surface area contributed by atoms with E-state index in [1.165, 1.54) is 14.0 Å². The minimum atomic E-state index is -1.54. The molecule has 1 rings (SSSR count). The maximum atomic E-state index is 11.2. The van der Waals surface area contributed by atoms with Crippen LogP contribution in [-0.4, -0.2) is 50.1 Å². The Hall–Kier alpha value is -0.650. The van der Waals surface area contributed by atoms with Crippen LogP contribution in [0.2, 0.25) is 0 Å². The number of carbonyl (C=O) groups excluding carboxylic acids is 1. The smallest absolute Gasteiger partial charge is 0.339 e. The zero-order valence-electron chi connectivity index (χ0n) is 9.99. The number of esters is 1. The minimum absolute atomic E-state index is 0.0177. The molecule has 1 fully saturated rings. The highest BCUT2D eigenvalue weighted by atomic mass is 16.6. The quantitative estimate of drug-likeness (QED) is 0.648. The molecule has 0 amide bonds. The standard InChI is InChI=1S/C11H21NO4/c1-11(14,10(13)15-2)8-16-7-9-4-3-5-12-6-9/h9,12,14H,3-8H2,1-2H3. The Morgan fingerprint density at radius 1 is 1.62 bits per heavy atom. The van der Waals surface area contributed by atoms with Crippen LogP contribution in [0.3, 0.4) is 0 Å². The number of hydrogen-bond acceptors (Lipinski definition) is 5. The number of rotatable bonds is 5. The molecule has 94 valence electrons. The van der Waals surface area contributed by atoms with Gasteiger partial charge >= 0.3 is 5.97 Å². The average Bonchev–Trinajstić information content (AvgIpc) is 2.29. The molecule has 1 heterocycles. The molecule has 16 heavy (non-hydrogen) atoms. The van der Waals surface area contributed by atoms with Crippen LogP contribution in [0.1, 0.15) is 19.8 Å². The van der Waals surface area contributed by atoms with E-state index in [1.54, 1.807) is 0 Å². The molecule has 2 atom stereocenters. The van der Waals surface area contributed by atoms with E-state index in [2.05, 4.69) is 10.1 Å². The first-order chi connectivity index (χ1) is 7.56. The molecule has 2 unspecified atom stereocenters. The highest BCUT2D eigenvalue weighted by molar-refractivity contribution is 5.78. The van der Waals surface area contributed by atoms with Gasteiger partial charge in [-0.25, -0.2) is 4.79 Å². The van der Waals surface area contributed by atoms with Crippen LogP contribution < -0.4 is 5.32 Å². The Balaban J connectivity index is 2.20. The highest BCUT2D eigenvalue weighted by Gasteiger charge is 2.32. The first-order valence-corrected chi connectivity index (χ1v) is 5.65. The van der Waals surface area contributed by atoms with Crippen molar-refractivity contribution in [3.63, 3.8) is 0 Å². The van der Waals surface area contributed by atoms with Gasteiger partial charge < -0.3 is 19.9 Å². The molecule has 5 nitrogen and oxygen atoms in total. The Morgan fingerprint density at radius 2 is 2.38 bits per heavy atom. The van der Waals surface area contributed by atoms with Crippen molar-refractivity contribution in [2.45, 2.75) is 25.4 Å². The van der Waals surface area contributed by atoms with Gasteiger partial charge in [0.1, 0.15) is 0 Å². The fourth-order valence-corrected chi connectivity index (χ4v) is 1.77. The molecule has 0 aliphatic carbocycles. The number of ether oxygens (including phenoxy) is 2. The molecule has 0 aromatic carbocycles. The van der Waals surface area contributed by atoms with Gasteiger partial charge in [-0.05, 0) is 32.2 Å². The van der Waals surface area contributed by atoms with Crippen LogP contribution in [0.4, 0.5) is 0 Å². The Morgan fingerprint density at radius 3 is 2.94 bits per heavy atom. The van der Waals surface area contributed by atoms with E-state index in [9.17, 15) is 9.90 Å². The van der Waals surface area contributed by atoms with Crippen molar-refractivity contribution in [1.82, 2.24) is 5.32 Å². The van der Waals surface area contributed by atoms with Gasteiger partial charge in [-0.1, -0.05) is 0 Å². The zero-order valence-corrected chi connectivity index (χ0v) is 9.99. The topological polar surface area (TPSA) is 67.8 Å². The lowest BCUT2D eigenvalue weighted by Gasteiger charge is -2.25. The number of aliphatic hydroxyl groups is 1. The predicted octanol–water partition coefficient (Wildman–Crippen LogP) is -0.0734. The average molecular weight is 231 g/mol. The van der Waals surface area contributed by atoms with Crippen molar-refractivity contribution in [2.24, 2.45) is 5.92 Å². The van der Waals surface area contributed by atoms with Crippen LogP contribution >= 0.6 is 0 Å². The summed E-state index contributed by atoms with van der Waals surface area (Å²) >= 11 is 0. The van der Waals surface area contributed by atoms with E-state index >= 15 is 0 Å². The van der Waals surface area contributed by atoms with Crippen LogP contribution in [0, 0.1) is 5.92 Å². The second-order valence-electron chi connectivity index (χ2n) is 4.49. The molecule has 1 aliphatic rings. The zero-order chi connectivity index (χ0) is 12.0. The summed E-state index contributed by atoms with van der Waals surface area (Å²) in [6, 6.07) is 0. The number of piperidine rings is 1. The number of hydrogen-bond donors (Lipinski definition) is 2. The van der Waals surface area contributed by atoms with E-state index in [-0.39, 0.29) is 6.61 Å². The molecule has 0 saturated carbocycles. The van der Waals surface area contributed by atoms with Crippen molar-refractivity contribution in [3.8, 4) is 0 Å². The normalized spacial score (nSPS) is 24.8. The maximum absolute atomic E-state index is 11.2. The Labute approximate surface area is 96.1 Å². The molecule has 0 aromatic rings. The predicted molar refractivity (Wildman–Crippen MR) is 59.1 cm³/mol.